The summed E-state index contributed by atoms with van der Waals surface area (Å²) in [5.41, 5.74) is 0.802. The molecule has 76 valence electrons. The molecule has 2 saturated carbocycles. The van der Waals surface area contributed by atoms with Crippen molar-refractivity contribution in [3.05, 3.63) is 0 Å². The van der Waals surface area contributed by atoms with E-state index in [9.17, 15) is 0 Å². The second-order valence-electron chi connectivity index (χ2n) is 5.18. The van der Waals surface area contributed by atoms with Crippen molar-refractivity contribution in [3.63, 3.8) is 0 Å². The van der Waals surface area contributed by atoms with Crippen LogP contribution in [0.1, 0.15) is 57.8 Å². The Labute approximate surface area is 81.5 Å². The van der Waals surface area contributed by atoms with Crippen LogP contribution in [0.15, 0.2) is 0 Å². The summed E-state index contributed by atoms with van der Waals surface area (Å²) in [7, 11) is 0. The van der Waals surface area contributed by atoms with E-state index >= 15 is 0 Å². The van der Waals surface area contributed by atoms with Crippen LogP contribution in [0, 0.1) is 11.3 Å². The Morgan fingerprint density at radius 2 is 1.85 bits per heavy atom. The van der Waals surface area contributed by atoms with Gasteiger partial charge in [0.1, 0.15) is 0 Å². The van der Waals surface area contributed by atoms with Crippen molar-refractivity contribution in [2.75, 3.05) is 6.61 Å². The third-order valence-corrected chi connectivity index (χ3v) is 3.74. The number of aliphatic hydroxyl groups excluding tert-OH is 1. The van der Waals surface area contributed by atoms with Crippen LogP contribution in [0.25, 0.3) is 0 Å². The molecular formula is C12H22O. The molecule has 0 spiro atoms. The van der Waals surface area contributed by atoms with E-state index in [0.717, 1.165) is 17.8 Å². The molecule has 2 aliphatic rings. The maximum absolute atomic E-state index is 8.67. The molecule has 2 aliphatic carbocycles. The first kappa shape index (κ1) is 9.51. The fraction of sp³-hybridized carbons (Fsp3) is 1.00. The Hall–Kier alpha value is -0.0400. The first-order valence-corrected chi connectivity index (χ1v) is 5.96. The molecule has 0 aromatic carbocycles. The minimum absolute atomic E-state index is 0.385. The van der Waals surface area contributed by atoms with Gasteiger partial charge in [-0.05, 0) is 43.4 Å². The summed E-state index contributed by atoms with van der Waals surface area (Å²) in [4.78, 5) is 0. The average molecular weight is 182 g/mol. The number of unbranched alkanes of at least 4 members (excludes halogenated alkanes) is 2. The lowest BCUT2D eigenvalue weighted by molar-refractivity contribution is 0.278. The normalized spacial score (nSPS) is 24.7. The number of hydrogen-bond donors (Lipinski definition) is 1. The Morgan fingerprint density at radius 3 is 2.38 bits per heavy atom. The standard InChI is InChI=1S/C12H22O/c13-9-3-1-2-6-12(7-8-12)10-11-4-5-11/h11,13H,1-10H2. The predicted molar refractivity (Wildman–Crippen MR) is 54.6 cm³/mol. The molecule has 1 nitrogen and oxygen atoms in total. The second kappa shape index (κ2) is 4.00. The Bertz CT molecular complexity index is 157. The molecule has 0 aromatic heterocycles. The monoisotopic (exact) mass is 182 g/mol. The Balaban J connectivity index is 1.56. The summed E-state index contributed by atoms with van der Waals surface area (Å²) in [6.45, 7) is 0.385. The van der Waals surface area contributed by atoms with E-state index in [0.29, 0.717) is 6.61 Å². The lowest BCUT2D eigenvalue weighted by Crippen LogP contribution is -2.01. The summed E-state index contributed by atoms with van der Waals surface area (Å²) >= 11 is 0. The zero-order valence-electron chi connectivity index (χ0n) is 8.60. The molecule has 13 heavy (non-hydrogen) atoms. The maximum Gasteiger partial charge on any atom is 0.0431 e. The van der Waals surface area contributed by atoms with Gasteiger partial charge in [-0.3, -0.25) is 0 Å². The van der Waals surface area contributed by atoms with Crippen LogP contribution in [0.2, 0.25) is 0 Å². The summed E-state index contributed by atoms with van der Waals surface area (Å²) in [6, 6.07) is 0. The maximum atomic E-state index is 8.67. The van der Waals surface area contributed by atoms with Gasteiger partial charge in [0.2, 0.25) is 0 Å². The smallest absolute Gasteiger partial charge is 0.0431 e. The molecule has 0 saturated heterocycles. The van der Waals surface area contributed by atoms with Gasteiger partial charge in [0.25, 0.3) is 0 Å². The molecule has 1 heteroatoms. The molecule has 2 rings (SSSR count). The lowest BCUT2D eigenvalue weighted by atomic mass is 9.92. The number of rotatable bonds is 7. The highest BCUT2D eigenvalue weighted by Crippen LogP contribution is 2.57. The zero-order valence-corrected chi connectivity index (χ0v) is 8.60. The molecular weight excluding hydrogens is 160 g/mol. The van der Waals surface area contributed by atoms with E-state index < -0.39 is 0 Å². The molecule has 0 unspecified atom stereocenters. The van der Waals surface area contributed by atoms with Gasteiger partial charge in [-0.25, -0.2) is 0 Å². The largest absolute Gasteiger partial charge is 0.396 e. The minimum atomic E-state index is 0.385. The molecule has 2 fully saturated rings. The van der Waals surface area contributed by atoms with Crippen LogP contribution in [0.3, 0.4) is 0 Å². The molecule has 0 aliphatic heterocycles. The van der Waals surface area contributed by atoms with E-state index in [1.165, 1.54) is 51.4 Å². The lowest BCUT2D eigenvalue weighted by Gasteiger charge is -2.13. The van der Waals surface area contributed by atoms with Gasteiger partial charge in [-0.2, -0.15) is 0 Å². The van der Waals surface area contributed by atoms with E-state index in [-0.39, 0.29) is 0 Å². The van der Waals surface area contributed by atoms with Crippen molar-refractivity contribution in [2.24, 2.45) is 11.3 Å². The van der Waals surface area contributed by atoms with Crippen molar-refractivity contribution >= 4 is 0 Å². The quantitative estimate of drug-likeness (QED) is 0.600. The number of aliphatic hydroxyl groups is 1. The molecule has 0 atom stereocenters. The molecule has 0 aromatic rings. The van der Waals surface area contributed by atoms with Gasteiger partial charge >= 0.3 is 0 Å². The fourth-order valence-electron chi connectivity index (χ4n) is 2.46. The van der Waals surface area contributed by atoms with Crippen molar-refractivity contribution in [3.8, 4) is 0 Å². The van der Waals surface area contributed by atoms with Crippen LogP contribution in [-0.4, -0.2) is 11.7 Å². The van der Waals surface area contributed by atoms with Gasteiger partial charge < -0.3 is 5.11 Å². The molecule has 0 radical (unpaired) electrons. The van der Waals surface area contributed by atoms with E-state index in [1.807, 2.05) is 0 Å². The van der Waals surface area contributed by atoms with E-state index in [2.05, 4.69) is 0 Å². The van der Waals surface area contributed by atoms with Crippen LogP contribution in [0.5, 0.6) is 0 Å². The Kier molecular flexibility index (Phi) is 2.92. The Morgan fingerprint density at radius 1 is 1.08 bits per heavy atom. The van der Waals surface area contributed by atoms with Crippen molar-refractivity contribution in [1.29, 1.82) is 0 Å². The summed E-state index contributed by atoms with van der Waals surface area (Å²) in [5, 5.41) is 8.67. The third-order valence-electron chi connectivity index (χ3n) is 3.74. The predicted octanol–water partition coefficient (Wildman–Crippen LogP) is 3.12. The summed E-state index contributed by atoms with van der Waals surface area (Å²) in [6.07, 6.45) is 12.6. The highest BCUT2D eigenvalue weighted by Gasteiger charge is 2.45. The van der Waals surface area contributed by atoms with Gasteiger partial charge in [0, 0.05) is 6.61 Å². The first-order valence-electron chi connectivity index (χ1n) is 5.96. The van der Waals surface area contributed by atoms with E-state index in [4.69, 9.17) is 5.11 Å². The van der Waals surface area contributed by atoms with Crippen molar-refractivity contribution in [1.82, 2.24) is 0 Å². The zero-order chi connectivity index (χ0) is 9.15. The molecule has 1 N–H and O–H groups in total. The van der Waals surface area contributed by atoms with Crippen LogP contribution >= 0.6 is 0 Å². The SMILES string of the molecule is OCCCCCC1(CC2CC2)CC1. The van der Waals surface area contributed by atoms with Crippen molar-refractivity contribution < 1.29 is 5.11 Å². The number of hydrogen-bond acceptors (Lipinski definition) is 1. The van der Waals surface area contributed by atoms with Crippen LogP contribution < -0.4 is 0 Å². The summed E-state index contributed by atoms with van der Waals surface area (Å²) < 4.78 is 0. The van der Waals surface area contributed by atoms with Gasteiger partial charge in [0.05, 0.1) is 0 Å². The topological polar surface area (TPSA) is 20.2 Å². The van der Waals surface area contributed by atoms with Crippen LogP contribution in [0.4, 0.5) is 0 Å². The van der Waals surface area contributed by atoms with Crippen LogP contribution in [-0.2, 0) is 0 Å². The molecule has 0 bridgehead atoms. The average Bonchev–Trinajstić information content (AvgIpc) is 3.00. The van der Waals surface area contributed by atoms with Gasteiger partial charge in [0.15, 0.2) is 0 Å². The molecule has 0 heterocycles. The summed E-state index contributed by atoms with van der Waals surface area (Å²) in [5.74, 6) is 1.11. The second-order valence-corrected chi connectivity index (χ2v) is 5.18. The highest BCUT2D eigenvalue weighted by atomic mass is 16.2. The minimum Gasteiger partial charge on any atom is -0.396 e. The van der Waals surface area contributed by atoms with Gasteiger partial charge in [-0.1, -0.05) is 25.7 Å². The molecule has 0 amide bonds. The third kappa shape index (κ3) is 2.98. The first-order chi connectivity index (χ1) is 6.35. The fourth-order valence-corrected chi connectivity index (χ4v) is 2.46. The van der Waals surface area contributed by atoms with Crippen molar-refractivity contribution in [2.45, 2.75) is 57.8 Å². The van der Waals surface area contributed by atoms with E-state index in [1.54, 1.807) is 0 Å². The highest BCUT2D eigenvalue weighted by molar-refractivity contribution is 4.96. The van der Waals surface area contributed by atoms with Gasteiger partial charge in [-0.15, -0.1) is 0 Å².